The van der Waals surface area contributed by atoms with Crippen molar-refractivity contribution in [2.24, 2.45) is 0 Å². The van der Waals surface area contributed by atoms with Gasteiger partial charge >= 0.3 is 6.03 Å². The second kappa shape index (κ2) is 6.62. The molecule has 18 heavy (non-hydrogen) atoms. The molecule has 4 N–H and O–H groups in total. The summed E-state index contributed by atoms with van der Waals surface area (Å²) in [6.45, 7) is -0.718. The molecule has 8 heteroatoms. The molecule has 1 rings (SSSR count). The Kier molecular flexibility index (Phi) is 5.45. The van der Waals surface area contributed by atoms with Crippen LogP contribution in [0.4, 0.5) is 19.3 Å². The van der Waals surface area contributed by atoms with E-state index in [0.717, 1.165) is 12.1 Å². The molecule has 5 nitrogen and oxygen atoms in total. The van der Waals surface area contributed by atoms with Gasteiger partial charge in [-0.25, -0.2) is 13.6 Å². The van der Waals surface area contributed by atoms with E-state index in [1.165, 1.54) is 0 Å². The Morgan fingerprint density at radius 2 is 2.06 bits per heavy atom. The van der Waals surface area contributed by atoms with E-state index in [4.69, 9.17) is 10.2 Å². The maximum absolute atomic E-state index is 13.3. The number of rotatable bonds is 4. The number of aliphatic hydroxyl groups is 2. The van der Waals surface area contributed by atoms with Crippen LogP contribution in [0.3, 0.4) is 0 Å². The first kappa shape index (κ1) is 14.8. The van der Waals surface area contributed by atoms with Gasteiger partial charge in [-0.3, -0.25) is 0 Å². The Morgan fingerprint density at radius 3 is 2.67 bits per heavy atom. The van der Waals surface area contributed by atoms with Crippen molar-refractivity contribution in [3.63, 3.8) is 0 Å². The summed E-state index contributed by atoms with van der Waals surface area (Å²) in [4.78, 5) is 11.3. The van der Waals surface area contributed by atoms with E-state index < -0.39 is 30.4 Å². The fraction of sp³-hybridized carbons (Fsp3) is 0.300. The van der Waals surface area contributed by atoms with Gasteiger partial charge in [0.1, 0.15) is 11.6 Å². The Bertz CT molecular complexity index is 445. The molecule has 100 valence electrons. The third-order valence-corrected chi connectivity index (χ3v) is 2.57. The van der Waals surface area contributed by atoms with Crippen molar-refractivity contribution in [1.29, 1.82) is 0 Å². The van der Waals surface area contributed by atoms with Crippen LogP contribution in [0.2, 0.25) is 0 Å². The molecule has 0 heterocycles. The maximum atomic E-state index is 13.3. The molecule has 1 atom stereocenters. The summed E-state index contributed by atoms with van der Waals surface area (Å²) < 4.78 is 26.4. The predicted molar refractivity (Wildman–Crippen MR) is 64.2 cm³/mol. The summed E-state index contributed by atoms with van der Waals surface area (Å²) >= 11 is 2.80. The van der Waals surface area contributed by atoms with Gasteiger partial charge in [0.15, 0.2) is 0 Å². The molecule has 1 aromatic carbocycles. The van der Waals surface area contributed by atoms with Gasteiger partial charge in [0.25, 0.3) is 0 Å². The highest BCUT2D eigenvalue weighted by Crippen LogP contribution is 2.23. The minimum Gasteiger partial charge on any atom is -0.394 e. The summed E-state index contributed by atoms with van der Waals surface area (Å²) in [6, 6.07) is 0.887. The molecule has 0 saturated carbocycles. The molecule has 0 fully saturated rings. The molecule has 1 aromatic rings. The second-order valence-electron chi connectivity index (χ2n) is 3.42. The van der Waals surface area contributed by atoms with E-state index in [9.17, 15) is 13.6 Å². The van der Waals surface area contributed by atoms with Gasteiger partial charge in [-0.2, -0.15) is 0 Å². The number of hydrogen-bond donors (Lipinski definition) is 4. The van der Waals surface area contributed by atoms with Gasteiger partial charge in [-0.05, 0) is 22.0 Å². The lowest BCUT2D eigenvalue weighted by Crippen LogP contribution is -2.36. The van der Waals surface area contributed by atoms with Gasteiger partial charge in [-0.1, -0.05) is 0 Å². The number of nitrogens with one attached hydrogen (secondary N) is 2. The van der Waals surface area contributed by atoms with Crippen LogP contribution in [-0.4, -0.2) is 35.5 Å². The number of aliphatic hydroxyl groups excluding tert-OH is 2. The SMILES string of the molecule is O=C(NC[C@H](O)CO)Nc1cc(F)c(Br)cc1F. The lowest BCUT2D eigenvalue weighted by Gasteiger charge is -2.11. The van der Waals surface area contributed by atoms with Crippen LogP contribution in [0.15, 0.2) is 16.6 Å². The highest BCUT2D eigenvalue weighted by Gasteiger charge is 2.11. The van der Waals surface area contributed by atoms with E-state index in [-0.39, 0.29) is 16.7 Å². The minimum absolute atomic E-state index is 0.0540. The highest BCUT2D eigenvalue weighted by molar-refractivity contribution is 9.10. The van der Waals surface area contributed by atoms with Crippen LogP contribution < -0.4 is 10.6 Å². The molecule has 2 amide bonds. The van der Waals surface area contributed by atoms with Crippen LogP contribution in [0.5, 0.6) is 0 Å². The van der Waals surface area contributed by atoms with Crippen LogP contribution in [-0.2, 0) is 0 Å². The number of amides is 2. The average molecular weight is 325 g/mol. The third kappa shape index (κ3) is 4.21. The average Bonchev–Trinajstić information content (AvgIpc) is 2.33. The molecule has 0 radical (unpaired) electrons. The zero-order valence-corrected chi connectivity index (χ0v) is 10.7. The zero-order valence-electron chi connectivity index (χ0n) is 9.08. The Labute approximate surface area is 110 Å². The quantitative estimate of drug-likeness (QED) is 0.628. The molecule has 0 aliphatic heterocycles. The molecule has 0 bridgehead atoms. The van der Waals surface area contributed by atoms with E-state index in [1.807, 2.05) is 0 Å². The number of benzene rings is 1. The topological polar surface area (TPSA) is 81.6 Å². The Morgan fingerprint density at radius 1 is 1.39 bits per heavy atom. The minimum atomic E-state index is -1.11. The molecule has 0 unspecified atom stereocenters. The standard InChI is InChI=1S/C10H11BrF2N2O3/c11-6-1-8(13)9(2-7(6)12)15-10(18)14-3-5(17)4-16/h1-2,5,16-17H,3-4H2,(H2,14,15,18)/t5-/m0/s1. The normalized spacial score (nSPS) is 12.1. The smallest absolute Gasteiger partial charge is 0.319 e. The van der Waals surface area contributed by atoms with Gasteiger partial charge < -0.3 is 20.8 Å². The van der Waals surface area contributed by atoms with Crippen LogP contribution in [0, 0.1) is 11.6 Å². The number of anilines is 1. The number of urea groups is 1. The largest absolute Gasteiger partial charge is 0.394 e. The van der Waals surface area contributed by atoms with E-state index in [2.05, 4.69) is 26.6 Å². The summed E-state index contributed by atoms with van der Waals surface area (Å²) in [5.41, 5.74) is -0.327. The first-order valence-electron chi connectivity index (χ1n) is 4.92. The molecule has 0 spiro atoms. The lowest BCUT2D eigenvalue weighted by molar-refractivity contribution is 0.0965. The summed E-state index contributed by atoms with van der Waals surface area (Å²) in [5.74, 6) is -1.52. The zero-order chi connectivity index (χ0) is 13.7. The predicted octanol–water partition coefficient (Wildman–Crippen LogP) is 1.20. The fourth-order valence-corrected chi connectivity index (χ4v) is 1.38. The summed E-state index contributed by atoms with van der Waals surface area (Å²) in [5, 5.41) is 21.7. The number of carbonyl (C=O) groups excluding carboxylic acids is 1. The van der Waals surface area contributed by atoms with E-state index >= 15 is 0 Å². The molecule has 0 aliphatic rings. The highest BCUT2D eigenvalue weighted by atomic mass is 79.9. The first-order chi connectivity index (χ1) is 8.43. The van der Waals surface area contributed by atoms with Crippen molar-refractivity contribution in [2.45, 2.75) is 6.10 Å². The van der Waals surface area contributed by atoms with Crippen molar-refractivity contribution < 1.29 is 23.8 Å². The van der Waals surface area contributed by atoms with Crippen LogP contribution in [0.25, 0.3) is 0 Å². The van der Waals surface area contributed by atoms with Gasteiger partial charge in [0, 0.05) is 12.6 Å². The maximum Gasteiger partial charge on any atom is 0.319 e. The summed E-state index contributed by atoms with van der Waals surface area (Å²) in [7, 11) is 0. The number of halogens is 3. The molecule has 0 saturated heterocycles. The van der Waals surface area contributed by atoms with Crippen molar-refractivity contribution in [3.05, 3.63) is 28.2 Å². The van der Waals surface area contributed by atoms with Gasteiger partial charge in [0.05, 0.1) is 22.9 Å². The first-order valence-corrected chi connectivity index (χ1v) is 5.71. The second-order valence-corrected chi connectivity index (χ2v) is 4.27. The Hall–Kier alpha value is -1.25. The monoisotopic (exact) mass is 324 g/mol. The lowest BCUT2D eigenvalue weighted by atomic mass is 10.3. The summed E-state index contributed by atoms with van der Waals surface area (Å²) in [6.07, 6.45) is -1.11. The van der Waals surface area contributed by atoms with Crippen molar-refractivity contribution in [3.8, 4) is 0 Å². The van der Waals surface area contributed by atoms with Crippen molar-refractivity contribution in [2.75, 3.05) is 18.5 Å². The molecular formula is C10H11BrF2N2O3. The van der Waals surface area contributed by atoms with Crippen molar-refractivity contribution in [1.82, 2.24) is 5.32 Å². The van der Waals surface area contributed by atoms with E-state index in [1.54, 1.807) is 0 Å². The molecule has 0 aliphatic carbocycles. The third-order valence-electron chi connectivity index (χ3n) is 1.97. The van der Waals surface area contributed by atoms with Gasteiger partial charge in [0.2, 0.25) is 0 Å². The fourth-order valence-electron chi connectivity index (χ4n) is 1.06. The number of hydrogen-bond acceptors (Lipinski definition) is 3. The van der Waals surface area contributed by atoms with Gasteiger partial charge in [-0.15, -0.1) is 0 Å². The van der Waals surface area contributed by atoms with Crippen molar-refractivity contribution >= 4 is 27.6 Å². The van der Waals surface area contributed by atoms with Crippen LogP contribution in [0.1, 0.15) is 0 Å². The number of carbonyl (C=O) groups is 1. The van der Waals surface area contributed by atoms with E-state index in [0.29, 0.717) is 0 Å². The van der Waals surface area contributed by atoms with Crippen LogP contribution >= 0.6 is 15.9 Å². The molecular weight excluding hydrogens is 314 g/mol. The molecule has 0 aromatic heterocycles. The Balaban J connectivity index is 2.62.